The van der Waals surface area contributed by atoms with Crippen LogP contribution in [0.3, 0.4) is 0 Å². The maximum Gasteiger partial charge on any atom is 0.338 e. The van der Waals surface area contributed by atoms with Gasteiger partial charge in [-0.1, -0.05) is 59.9 Å². The molecule has 38 heavy (non-hydrogen) atoms. The number of rotatable bonds is 6. The second-order valence-electron chi connectivity index (χ2n) is 8.62. The lowest BCUT2D eigenvalue weighted by atomic mass is 9.96. The summed E-state index contributed by atoms with van der Waals surface area (Å²) in [4.78, 5) is 59.3. The molecule has 194 valence electrons. The number of carbonyl (C=O) groups is 3. The van der Waals surface area contributed by atoms with E-state index in [2.05, 4.69) is 4.99 Å². The van der Waals surface area contributed by atoms with E-state index in [0.29, 0.717) is 27.3 Å². The van der Waals surface area contributed by atoms with E-state index in [4.69, 9.17) is 9.47 Å². The van der Waals surface area contributed by atoms with E-state index in [-0.39, 0.29) is 35.4 Å². The van der Waals surface area contributed by atoms with Crippen molar-refractivity contribution in [3.8, 4) is 0 Å². The number of benzene rings is 2. The third-order valence-corrected chi connectivity index (χ3v) is 7.40. The number of nitrogens with zero attached hydrogens (tertiary/aromatic N) is 3. The first-order chi connectivity index (χ1) is 18.4. The van der Waals surface area contributed by atoms with Crippen LogP contribution >= 0.6 is 11.3 Å². The summed E-state index contributed by atoms with van der Waals surface area (Å²) in [5.41, 5.74) is 2.23. The highest BCUT2D eigenvalue weighted by molar-refractivity contribution is 7.07. The van der Waals surface area contributed by atoms with Crippen molar-refractivity contribution in [3.05, 3.63) is 96.7 Å². The van der Waals surface area contributed by atoms with Crippen LogP contribution in [-0.2, 0) is 23.9 Å². The van der Waals surface area contributed by atoms with Gasteiger partial charge in [0.15, 0.2) is 4.80 Å². The highest BCUT2D eigenvalue weighted by Gasteiger charge is 2.38. The number of amides is 1. The number of fused-ring (bicyclic) bond motifs is 2. The molecule has 0 radical (unpaired) electrons. The molecule has 1 amide bonds. The molecule has 2 aromatic carbocycles. The van der Waals surface area contributed by atoms with Crippen LogP contribution in [0.4, 0.5) is 5.69 Å². The van der Waals surface area contributed by atoms with E-state index in [1.165, 1.54) is 9.47 Å². The minimum Gasteiger partial charge on any atom is -0.465 e. The standard InChI is InChI=1S/C28H25N3O6S/c1-4-36-20(32)15-30-19-14-10-9-13-18(19)22(25(30)33)24-26(34)31-23(17-11-7-6-8-12-17)21(27(35)37-5-2)16(3)29-28(31)38-24/h6-14,23H,4-5,15H2,1-3H3/b24-22+/t23-/m1/s1. The summed E-state index contributed by atoms with van der Waals surface area (Å²) in [5, 5.41) is 0. The number of para-hydroxylation sites is 1. The molecule has 2 aliphatic rings. The van der Waals surface area contributed by atoms with Gasteiger partial charge in [-0.2, -0.15) is 0 Å². The number of hydrogen-bond donors (Lipinski definition) is 0. The fourth-order valence-corrected chi connectivity index (χ4v) is 5.92. The molecular weight excluding hydrogens is 506 g/mol. The Morgan fingerprint density at radius 3 is 2.37 bits per heavy atom. The maximum absolute atomic E-state index is 14.1. The van der Waals surface area contributed by atoms with Gasteiger partial charge in [0.1, 0.15) is 11.1 Å². The van der Waals surface area contributed by atoms with Gasteiger partial charge in [-0.05, 0) is 32.4 Å². The molecule has 0 aliphatic carbocycles. The molecule has 0 unspecified atom stereocenters. The lowest BCUT2D eigenvalue weighted by Crippen LogP contribution is -2.41. The molecular formula is C28H25N3O6S. The van der Waals surface area contributed by atoms with E-state index in [0.717, 1.165) is 11.3 Å². The van der Waals surface area contributed by atoms with E-state index < -0.39 is 29.4 Å². The van der Waals surface area contributed by atoms with Gasteiger partial charge in [-0.25, -0.2) is 9.79 Å². The van der Waals surface area contributed by atoms with Gasteiger partial charge in [-0.3, -0.25) is 23.9 Å². The predicted molar refractivity (Wildman–Crippen MR) is 141 cm³/mol. The van der Waals surface area contributed by atoms with Crippen molar-refractivity contribution in [2.75, 3.05) is 24.7 Å². The van der Waals surface area contributed by atoms with E-state index in [1.807, 2.05) is 30.3 Å². The molecule has 0 fully saturated rings. The number of ether oxygens (including phenoxy) is 2. The lowest BCUT2D eigenvalue weighted by Gasteiger charge is -2.24. The van der Waals surface area contributed by atoms with Gasteiger partial charge in [0.25, 0.3) is 11.5 Å². The van der Waals surface area contributed by atoms with Gasteiger partial charge in [-0.15, -0.1) is 0 Å². The summed E-state index contributed by atoms with van der Waals surface area (Å²) in [6, 6.07) is 15.4. The summed E-state index contributed by atoms with van der Waals surface area (Å²) in [7, 11) is 0. The van der Waals surface area contributed by atoms with Crippen LogP contribution in [-0.4, -0.2) is 42.2 Å². The number of anilines is 1. The van der Waals surface area contributed by atoms with Gasteiger partial charge in [0.05, 0.1) is 41.8 Å². The molecule has 3 aromatic rings. The van der Waals surface area contributed by atoms with Crippen LogP contribution < -0.4 is 19.8 Å². The summed E-state index contributed by atoms with van der Waals surface area (Å²) in [6.45, 7) is 5.21. The number of allylic oxidation sites excluding steroid dienone is 1. The zero-order chi connectivity index (χ0) is 27.0. The highest BCUT2D eigenvalue weighted by atomic mass is 32.1. The molecule has 10 heteroatoms. The van der Waals surface area contributed by atoms with E-state index in [1.54, 1.807) is 45.0 Å². The van der Waals surface area contributed by atoms with Gasteiger partial charge in [0.2, 0.25) is 0 Å². The van der Waals surface area contributed by atoms with Crippen molar-refractivity contribution in [3.63, 3.8) is 0 Å². The average molecular weight is 532 g/mol. The Morgan fingerprint density at radius 1 is 0.974 bits per heavy atom. The third-order valence-electron chi connectivity index (χ3n) is 6.35. The number of hydrogen-bond acceptors (Lipinski definition) is 8. The van der Waals surface area contributed by atoms with Crippen molar-refractivity contribution in [1.29, 1.82) is 0 Å². The molecule has 0 spiro atoms. The van der Waals surface area contributed by atoms with E-state index >= 15 is 0 Å². The molecule has 0 N–H and O–H groups in total. The minimum absolute atomic E-state index is 0.174. The van der Waals surface area contributed by atoms with Gasteiger partial charge < -0.3 is 9.47 Å². The van der Waals surface area contributed by atoms with Crippen molar-refractivity contribution in [1.82, 2.24) is 4.57 Å². The number of thiazole rings is 1. The maximum atomic E-state index is 14.1. The average Bonchev–Trinajstić information content (AvgIpc) is 3.36. The fourth-order valence-electron chi connectivity index (χ4n) is 4.78. The van der Waals surface area contributed by atoms with Crippen molar-refractivity contribution >= 4 is 40.4 Å². The Morgan fingerprint density at radius 2 is 1.66 bits per heavy atom. The van der Waals surface area contributed by atoms with Crippen molar-refractivity contribution in [2.45, 2.75) is 26.8 Å². The molecule has 9 nitrogen and oxygen atoms in total. The van der Waals surface area contributed by atoms with E-state index in [9.17, 15) is 19.2 Å². The zero-order valence-electron chi connectivity index (χ0n) is 21.1. The first-order valence-electron chi connectivity index (χ1n) is 12.2. The van der Waals surface area contributed by atoms with Crippen LogP contribution in [0, 0.1) is 0 Å². The molecule has 0 bridgehead atoms. The second kappa shape index (κ2) is 10.2. The first kappa shape index (κ1) is 25.3. The largest absolute Gasteiger partial charge is 0.465 e. The zero-order valence-corrected chi connectivity index (χ0v) is 21.9. The van der Waals surface area contributed by atoms with Crippen LogP contribution in [0.25, 0.3) is 5.57 Å². The van der Waals surface area contributed by atoms with Gasteiger partial charge >= 0.3 is 11.9 Å². The molecule has 5 rings (SSSR count). The topological polar surface area (TPSA) is 107 Å². The molecule has 1 aromatic heterocycles. The Balaban J connectivity index is 1.75. The lowest BCUT2D eigenvalue weighted by molar-refractivity contribution is -0.142. The van der Waals surface area contributed by atoms with Crippen LogP contribution in [0.1, 0.15) is 37.9 Å². The highest BCUT2D eigenvalue weighted by Crippen LogP contribution is 2.35. The Kier molecular flexibility index (Phi) is 6.81. The Hall–Kier alpha value is -4.31. The quantitative estimate of drug-likeness (QED) is 0.451. The summed E-state index contributed by atoms with van der Waals surface area (Å²) in [6.07, 6.45) is 0. The second-order valence-corrected chi connectivity index (χ2v) is 9.60. The molecule has 0 saturated carbocycles. The minimum atomic E-state index is -0.775. The monoisotopic (exact) mass is 531 g/mol. The van der Waals surface area contributed by atoms with Crippen LogP contribution in [0.15, 0.2) is 75.7 Å². The third kappa shape index (κ3) is 4.16. The summed E-state index contributed by atoms with van der Waals surface area (Å²) in [5.74, 6) is -1.57. The normalized spacial score (nSPS) is 17.6. The van der Waals surface area contributed by atoms with Crippen LogP contribution in [0.2, 0.25) is 0 Å². The summed E-state index contributed by atoms with van der Waals surface area (Å²) >= 11 is 1.08. The number of esters is 2. The smallest absolute Gasteiger partial charge is 0.338 e. The molecule has 1 atom stereocenters. The first-order valence-corrected chi connectivity index (χ1v) is 13.0. The number of aromatic nitrogens is 1. The SMILES string of the molecule is CCOC(=O)CN1C(=O)/C(=c2/sc3n(c2=O)[C@H](c2ccccc2)C(C(=O)OCC)=C(C)N=3)c2ccccc21. The molecule has 0 saturated heterocycles. The Labute approximate surface area is 221 Å². The Bertz CT molecular complexity index is 1670. The molecule has 2 aliphatic heterocycles. The predicted octanol–water partition coefficient (Wildman–Crippen LogP) is 2.08. The van der Waals surface area contributed by atoms with Crippen molar-refractivity contribution in [2.24, 2.45) is 4.99 Å². The molecule has 3 heterocycles. The van der Waals surface area contributed by atoms with Crippen LogP contribution in [0.5, 0.6) is 0 Å². The summed E-state index contributed by atoms with van der Waals surface area (Å²) < 4.78 is 12.0. The van der Waals surface area contributed by atoms with Crippen molar-refractivity contribution < 1.29 is 23.9 Å². The number of carbonyl (C=O) groups excluding carboxylic acids is 3. The fraction of sp³-hybridized carbons (Fsp3) is 0.250. The van der Waals surface area contributed by atoms with Gasteiger partial charge in [0, 0.05) is 5.56 Å².